The van der Waals surface area contributed by atoms with Crippen LogP contribution in [0.4, 0.5) is 11.8 Å². The smallest absolute Gasteiger partial charge is 0.224 e. The molecule has 1 saturated heterocycles. The second-order valence-corrected chi connectivity index (χ2v) is 6.44. The predicted molar refractivity (Wildman–Crippen MR) is 101 cm³/mol. The van der Waals surface area contributed by atoms with Gasteiger partial charge in [-0.05, 0) is 19.4 Å². The zero-order chi connectivity index (χ0) is 17.5. The molecule has 3 rings (SSSR count). The highest BCUT2D eigenvalue weighted by atomic mass is 16.5. The van der Waals surface area contributed by atoms with Crippen molar-refractivity contribution in [2.45, 2.75) is 20.4 Å². The number of benzene rings is 1. The van der Waals surface area contributed by atoms with E-state index >= 15 is 0 Å². The first-order valence-corrected chi connectivity index (χ1v) is 8.88. The summed E-state index contributed by atoms with van der Waals surface area (Å²) in [7, 11) is 0. The minimum atomic E-state index is 0.680. The molecule has 0 unspecified atom stereocenters. The highest BCUT2D eigenvalue weighted by molar-refractivity contribution is 5.42. The fourth-order valence-electron chi connectivity index (χ4n) is 2.79. The molecule has 2 N–H and O–H groups in total. The van der Waals surface area contributed by atoms with Gasteiger partial charge in [0.15, 0.2) is 0 Å². The third kappa shape index (κ3) is 5.69. The summed E-state index contributed by atoms with van der Waals surface area (Å²) in [6.07, 6.45) is 0. The van der Waals surface area contributed by atoms with E-state index in [4.69, 9.17) is 4.74 Å². The number of rotatable bonds is 7. The lowest BCUT2D eigenvalue weighted by Gasteiger charge is -2.26. The summed E-state index contributed by atoms with van der Waals surface area (Å²) in [5.74, 6) is 1.53. The number of aromatic nitrogens is 2. The Hall–Kier alpha value is -2.18. The minimum absolute atomic E-state index is 0.680. The van der Waals surface area contributed by atoms with Crippen molar-refractivity contribution in [1.29, 1.82) is 0 Å². The molecular formula is C19H27N5O. The van der Waals surface area contributed by atoms with Gasteiger partial charge in [-0.2, -0.15) is 4.98 Å². The van der Waals surface area contributed by atoms with Gasteiger partial charge in [0.05, 0.1) is 13.2 Å². The Morgan fingerprint density at radius 3 is 2.56 bits per heavy atom. The molecule has 1 aromatic heterocycles. The summed E-state index contributed by atoms with van der Waals surface area (Å²) in [5.41, 5.74) is 3.47. The van der Waals surface area contributed by atoms with E-state index in [-0.39, 0.29) is 0 Å². The molecule has 0 saturated carbocycles. The number of hydrogen-bond donors (Lipinski definition) is 2. The Bertz CT molecular complexity index is 668. The first-order chi connectivity index (χ1) is 12.2. The molecule has 134 valence electrons. The number of ether oxygens (including phenoxy) is 1. The molecule has 0 radical (unpaired) electrons. The molecule has 0 aliphatic carbocycles. The Morgan fingerprint density at radius 2 is 1.80 bits per heavy atom. The van der Waals surface area contributed by atoms with Gasteiger partial charge in [0.2, 0.25) is 5.95 Å². The van der Waals surface area contributed by atoms with E-state index in [2.05, 4.69) is 56.7 Å². The van der Waals surface area contributed by atoms with Gasteiger partial charge >= 0.3 is 0 Å². The molecule has 25 heavy (non-hydrogen) atoms. The van der Waals surface area contributed by atoms with Gasteiger partial charge in [0, 0.05) is 44.5 Å². The maximum atomic E-state index is 5.37. The zero-order valence-electron chi connectivity index (χ0n) is 15.1. The van der Waals surface area contributed by atoms with Gasteiger partial charge in [-0.15, -0.1) is 0 Å². The quantitative estimate of drug-likeness (QED) is 0.807. The average molecular weight is 341 g/mol. The fraction of sp³-hybridized carbons (Fsp3) is 0.474. The van der Waals surface area contributed by atoms with E-state index < -0.39 is 0 Å². The summed E-state index contributed by atoms with van der Waals surface area (Å²) < 4.78 is 5.37. The fourth-order valence-corrected chi connectivity index (χ4v) is 2.79. The van der Waals surface area contributed by atoms with Crippen LogP contribution in [0, 0.1) is 13.8 Å². The van der Waals surface area contributed by atoms with Crippen LogP contribution in [0.15, 0.2) is 30.3 Å². The standard InChI is InChI=1S/C19H27N5O/c1-15-3-5-17(6-4-15)14-21-18-13-16(2)22-19(23-18)20-7-8-24-9-11-25-12-10-24/h3-6,13H,7-12,14H2,1-2H3,(H2,20,21,22,23). The molecule has 0 amide bonds. The van der Waals surface area contributed by atoms with Crippen molar-refractivity contribution in [2.24, 2.45) is 0 Å². The molecule has 0 atom stereocenters. The van der Waals surface area contributed by atoms with Crippen molar-refractivity contribution in [1.82, 2.24) is 14.9 Å². The van der Waals surface area contributed by atoms with Gasteiger partial charge in [-0.25, -0.2) is 4.98 Å². The van der Waals surface area contributed by atoms with Crippen molar-refractivity contribution in [3.05, 3.63) is 47.2 Å². The highest BCUT2D eigenvalue weighted by Crippen LogP contribution is 2.12. The summed E-state index contributed by atoms with van der Waals surface area (Å²) >= 11 is 0. The Balaban J connectivity index is 1.51. The molecular weight excluding hydrogens is 314 g/mol. The van der Waals surface area contributed by atoms with Crippen LogP contribution in [-0.4, -0.2) is 54.3 Å². The number of anilines is 2. The lowest BCUT2D eigenvalue weighted by Crippen LogP contribution is -2.39. The van der Waals surface area contributed by atoms with Crippen LogP contribution in [0.2, 0.25) is 0 Å². The Kier molecular flexibility index (Phi) is 6.19. The van der Waals surface area contributed by atoms with Crippen molar-refractivity contribution in [3.63, 3.8) is 0 Å². The second-order valence-electron chi connectivity index (χ2n) is 6.44. The normalized spacial score (nSPS) is 15.1. The third-order valence-corrected chi connectivity index (χ3v) is 4.26. The third-order valence-electron chi connectivity index (χ3n) is 4.26. The van der Waals surface area contributed by atoms with Crippen molar-refractivity contribution in [2.75, 3.05) is 50.0 Å². The lowest BCUT2D eigenvalue weighted by atomic mass is 10.1. The summed E-state index contributed by atoms with van der Waals surface area (Å²) in [4.78, 5) is 11.4. The van der Waals surface area contributed by atoms with Gasteiger partial charge in [-0.3, -0.25) is 4.90 Å². The molecule has 1 aromatic carbocycles. The number of aryl methyl sites for hydroxylation is 2. The number of nitrogens with zero attached hydrogens (tertiary/aromatic N) is 3. The second kappa shape index (κ2) is 8.78. The number of hydrogen-bond acceptors (Lipinski definition) is 6. The molecule has 1 aliphatic rings. The van der Waals surface area contributed by atoms with E-state index in [1.165, 1.54) is 11.1 Å². The molecule has 0 bridgehead atoms. The molecule has 1 fully saturated rings. The maximum Gasteiger partial charge on any atom is 0.224 e. The molecule has 1 aliphatic heterocycles. The number of nitrogens with one attached hydrogen (secondary N) is 2. The molecule has 2 aromatic rings. The largest absolute Gasteiger partial charge is 0.379 e. The van der Waals surface area contributed by atoms with E-state index in [1.54, 1.807) is 0 Å². The van der Waals surface area contributed by atoms with Crippen LogP contribution in [-0.2, 0) is 11.3 Å². The molecule has 6 heteroatoms. The first-order valence-electron chi connectivity index (χ1n) is 8.88. The summed E-state index contributed by atoms with van der Waals surface area (Å²) in [6.45, 7) is 10.3. The zero-order valence-corrected chi connectivity index (χ0v) is 15.1. The van der Waals surface area contributed by atoms with Gasteiger partial charge < -0.3 is 15.4 Å². The minimum Gasteiger partial charge on any atom is -0.379 e. The maximum absolute atomic E-state index is 5.37. The molecule has 6 nitrogen and oxygen atoms in total. The van der Waals surface area contributed by atoms with Gasteiger partial charge in [0.25, 0.3) is 0 Å². The van der Waals surface area contributed by atoms with Crippen molar-refractivity contribution < 1.29 is 4.74 Å². The first kappa shape index (κ1) is 17.6. The topological polar surface area (TPSA) is 62.3 Å². The van der Waals surface area contributed by atoms with E-state index in [1.807, 2.05) is 13.0 Å². The SMILES string of the molecule is Cc1ccc(CNc2cc(C)nc(NCCN3CCOCC3)n2)cc1. The van der Waals surface area contributed by atoms with Crippen LogP contribution < -0.4 is 10.6 Å². The van der Waals surface area contributed by atoms with E-state index in [0.717, 1.165) is 57.4 Å². The van der Waals surface area contributed by atoms with Crippen LogP contribution in [0.5, 0.6) is 0 Å². The molecule has 0 spiro atoms. The van der Waals surface area contributed by atoms with Gasteiger partial charge in [-0.1, -0.05) is 29.8 Å². The lowest BCUT2D eigenvalue weighted by molar-refractivity contribution is 0.0398. The van der Waals surface area contributed by atoms with Crippen LogP contribution in [0.3, 0.4) is 0 Å². The Labute approximate surface area is 149 Å². The average Bonchev–Trinajstić information content (AvgIpc) is 2.62. The van der Waals surface area contributed by atoms with Crippen molar-refractivity contribution in [3.8, 4) is 0 Å². The van der Waals surface area contributed by atoms with E-state index in [9.17, 15) is 0 Å². The number of morpholine rings is 1. The Morgan fingerprint density at radius 1 is 1.04 bits per heavy atom. The van der Waals surface area contributed by atoms with Crippen molar-refractivity contribution >= 4 is 11.8 Å². The van der Waals surface area contributed by atoms with Crippen LogP contribution in [0.25, 0.3) is 0 Å². The van der Waals surface area contributed by atoms with E-state index in [0.29, 0.717) is 5.95 Å². The van der Waals surface area contributed by atoms with Gasteiger partial charge in [0.1, 0.15) is 5.82 Å². The monoisotopic (exact) mass is 341 g/mol. The highest BCUT2D eigenvalue weighted by Gasteiger charge is 2.10. The van der Waals surface area contributed by atoms with Crippen LogP contribution >= 0.6 is 0 Å². The summed E-state index contributed by atoms with van der Waals surface area (Å²) in [5, 5.41) is 6.72. The predicted octanol–water partition coefficient (Wildman–Crippen LogP) is 2.45. The summed E-state index contributed by atoms with van der Waals surface area (Å²) in [6, 6.07) is 10.5. The van der Waals surface area contributed by atoms with Crippen LogP contribution in [0.1, 0.15) is 16.8 Å². The molecule has 2 heterocycles.